The van der Waals surface area contributed by atoms with Gasteiger partial charge in [-0.1, -0.05) is 12.1 Å². The van der Waals surface area contributed by atoms with Crippen LogP contribution in [0.4, 0.5) is 0 Å². The zero-order chi connectivity index (χ0) is 11.2. The van der Waals surface area contributed by atoms with Crippen LogP contribution in [0.25, 0.3) is 0 Å². The van der Waals surface area contributed by atoms with E-state index in [1.165, 1.54) is 18.4 Å². The average Bonchev–Trinajstić information content (AvgIpc) is 2.82. The number of nitrogens with one attached hydrogen (secondary N) is 2. The van der Waals surface area contributed by atoms with E-state index in [9.17, 15) is 0 Å². The number of nitriles is 1. The first-order valence-corrected chi connectivity index (χ1v) is 5.81. The molecule has 1 aromatic carbocycles. The SMILES string of the molecule is N#Cc1cccc(CNCC2CCCN2)c1. The maximum atomic E-state index is 8.78. The van der Waals surface area contributed by atoms with Gasteiger partial charge in [-0.05, 0) is 37.1 Å². The van der Waals surface area contributed by atoms with Gasteiger partial charge < -0.3 is 10.6 Å². The second kappa shape index (κ2) is 5.64. The summed E-state index contributed by atoms with van der Waals surface area (Å²) in [5.41, 5.74) is 1.91. The predicted molar refractivity (Wildman–Crippen MR) is 63.9 cm³/mol. The highest BCUT2D eigenvalue weighted by Crippen LogP contribution is 2.05. The molecule has 0 spiro atoms. The Kier molecular flexibility index (Phi) is 3.92. The molecule has 0 radical (unpaired) electrons. The molecule has 1 aliphatic heterocycles. The summed E-state index contributed by atoms with van der Waals surface area (Å²) >= 11 is 0. The van der Waals surface area contributed by atoms with Gasteiger partial charge in [0.1, 0.15) is 0 Å². The van der Waals surface area contributed by atoms with Gasteiger partial charge >= 0.3 is 0 Å². The Labute approximate surface area is 96.5 Å². The monoisotopic (exact) mass is 215 g/mol. The maximum Gasteiger partial charge on any atom is 0.0991 e. The molecule has 1 atom stereocenters. The molecule has 1 saturated heterocycles. The summed E-state index contributed by atoms with van der Waals surface area (Å²) in [5.74, 6) is 0. The van der Waals surface area contributed by atoms with Crippen LogP contribution in [0.3, 0.4) is 0 Å². The Bertz CT molecular complexity index is 375. The van der Waals surface area contributed by atoms with E-state index in [0.29, 0.717) is 6.04 Å². The van der Waals surface area contributed by atoms with E-state index in [-0.39, 0.29) is 0 Å². The number of hydrogen-bond donors (Lipinski definition) is 2. The van der Waals surface area contributed by atoms with Gasteiger partial charge in [-0.2, -0.15) is 5.26 Å². The third kappa shape index (κ3) is 3.06. The Morgan fingerprint density at radius 2 is 2.44 bits per heavy atom. The molecule has 1 fully saturated rings. The second-order valence-corrected chi connectivity index (χ2v) is 4.24. The molecule has 1 heterocycles. The van der Waals surface area contributed by atoms with Crippen LogP contribution in [0.5, 0.6) is 0 Å². The first-order valence-electron chi connectivity index (χ1n) is 5.81. The van der Waals surface area contributed by atoms with E-state index in [2.05, 4.69) is 22.8 Å². The molecule has 0 aromatic heterocycles. The van der Waals surface area contributed by atoms with Crippen LogP contribution in [0.2, 0.25) is 0 Å². The fourth-order valence-electron chi connectivity index (χ4n) is 2.07. The molecule has 3 heteroatoms. The molecule has 0 saturated carbocycles. The van der Waals surface area contributed by atoms with Crippen molar-refractivity contribution in [2.45, 2.75) is 25.4 Å². The molecule has 2 rings (SSSR count). The summed E-state index contributed by atoms with van der Waals surface area (Å²) in [6.45, 7) is 3.00. The quantitative estimate of drug-likeness (QED) is 0.798. The topological polar surface area (TPSA) is 47.9 Å². The lowest BCUT2D eigenvalue weighted by molar-refractivity contribution is 0.536. The second-order valence-electron chi connectivity index (χ2n) is 4.24. The number of benzene rings is 1. The molecule has 84 valence electrons. The van der Waals surface area contributed by atoms with E-state index in [1.807, 2.05) is 18.2 Å². The van der Waals surface area contributed by atoms with Crippen molar-refractivity contribution in [2.75, 3.05) is 13.1 Å². The van der Waals surface area contributed by atoms with Gasteiger partial charge in [0.05, 0.1) is 11.6 Å². The summed E-state index contributed by atoms with van der Waals surface area (Å²) in [5, 5.41) is 15.7. The van der Waals surface area contributed by atoms with Crippen LogP contribution in [-0.2, 0) is 6.54 Å². The minimum absolute atomic E-state index is 0.624. The summed E-state index contributed by atoms with van der Waals surface area (Å²) in [7, 11) is 0. The van der Waals surface area contributed by atoms with Crippen LogP contribution in [0.1, 0.15) is 24.0 Å². The minimum atomic E-state index is 0.624. The fraction of sp³-hybridized carbons (Fsp3) is 0.462. The Balaban J connectivity index is 1.78. The molecule has 1 aliphatic rings. The van der Waals surface area contributed by atoms with Crippen molar-refractivity contribution >= 4 is 0 Å². The van der Waals surface area contributed by atoms with Crippen LogP contribution in [0, 0.1) is 11.3 Å². The first-order chi connectivity index (χ1) is 7.88. The van der Waals surface area contributed by atoms with Gasteiger partial charge in [0, 0.05) is 19.1 Å². The van der Waals surface area contributed by atoms with Gasteiger partial charge in [-0.15, -0.1) is 0 Å². The lowest BCUT2D eigenvalue weighted by Crippen LogP contribution is -2.33. The number of nitrogens with zero attached hydrogens (tertiary/aromatic N) is 1. The predicted octanol–water partition coefficient (Wildman–Crippen LogP) is 1.40. The Morgan fingerprint density at radius 1 is 1.50 bits per heavy atom. The largest absolute Gasteiger partial charge is 0.313 e. The van der Waals surface area contributed by atoms with Crippen molar-refractivity contribution < 1.29 is 0 Å². The van der Waals surface area contributed by atoms with Crippen molar-refractivity contribution in [1.82, 2.24) is 10.6 Å². The minimum Gasteiger partial charge on any atom is -0.313 e. The van der Waals surface area contributed by atoms with Crippen molar-refractivity contribution in [1.29, 1.82) is 5.26 Å². The standard InChI is InChI=1S/C13H17N3/c14-8-11-3-1-4-12(7-11)9-15-10-13-5-2-6-16-13/h1,3-4,7,13,15-16H,2,5-6,9-10H2. The third-order valence-corrected chi connectivity index (χ3v) is 2.94. The Morgan fingerprint density at radius 3 is 3.19 bits per heavy atom. The number of hydrogen-bond acceptors (Lipinski definition) is 3. The molecule has 0 amide bonds. The highest BCUT2D eigenvalue weighted by molar-refractivity contribution is 5.32. The molecule has 0 aliphatic carbocycles. The number of rotatable bonds is 4. The molecular formula is C13H17N3. The zero-order valence-corrected chi connectivity index (χ0v) is 9.37. The van der Waals surface area contributed by atoms with Crippen molar-refractivity contribution in [3.8, 4) is 6.07 Å². The van der Waals surface area contributed by atoms with E-state index < -0.39 is 0 Å². The highest BCUT2D eigenvalue weighted by atomic mass is 15.0. The van der Waals surface area contributed by atoms with Gasteiger partial charge in [-0.3, -0.25) is 0 Å². The van der Waals surface area contributed by atoms with E-state index in [0.717, 1.165) is 25.2 Å². The summed E-state index contributed by atoms with van der Waals surface area (Å²) in [6.07, 6.45) is 2.56. The lowest BCUT2D eigenvalue weighted by Gasteiger charge is -2.11. The van der Waals surface area contributed by atoms with Crippen LogP contribution >= 0.6 is 0 Å². The zero-order valence-electron chi connectivity index (χ0n) is 9.37. The molecular weight excluding hydrogens is 198 g/mol. The summed E-state index contributed by atoms with van der Waals surface area (Å²) in [6, 6.07) is 10.5. The van der Waals surface area contributed by atoms with Gasteiger partial charge in [0.15, 0.2) is 0 Å². The molecule has 16 heavy (non-hydrogen) atoms. The molecule has 1 unspecified atom stereocenters. The highest BCUT2D eigenvalue weighted by Gasteiger charge is 2.12. The molecule has 1 aromatic rings. The average molecular weight is 215 g/mol. The fourth-order valence-corrected chi connectivity index (χ4v) is 2.07. The van der Waals surface area contributed by atoms with E-state index in [4.69, 9.17) is 5.26 Å². The normalized spacial score (nSPS) is 19.6. The third-order valence-electron chi connectivity index (χ3n) is 2.94. The maximum absolute atomic E-state index is 8.78. The van der Waals surface area contributed by atoms with Crippen LogP contribution in [-0.4, -0.2) is 19.1 Å². The molecule has 0 bridgehead atoms. The Hall–Kier alpha value is -1.37. The summed E-state index contributed by atoms with van der Waals surface area (Å²) < 4.78 is 0. The first kappa shape index (κ1) is 11.1. The van der Waals surface area contributed by atoms with Crippen LogP contribution in [0.15, 0.2) is 24.3 Å². The van der Waals surface area contributed by atoms with Gasteiger partial charge in [-0.25, -0.2) is 0 Å². The molecule has 3 nitrogen and oxygen atoms in total. The smallest absolute Gasteiger partial charge is 0.0991 e. The van der Waals surface area contributed by atoms with E-state index >= 15 is 0 Å². The lowest BCUT2D eigenvalue weighted by atomic mass is 10.1. The van der Waals surface area contributed by atoms with Gasteiger partial charge in [0.25, 0.3) is 0 Å². The van der Waals surface area contributed by atoms with Crippen molar-refractivity contribution in [3.05, 3.63) is 35.4 Å². The molecule has 2 N–H and O–H groups in total. The van der Waals surface area contributed by atoms with Crippen molar-refractivity contribution in [3.63, 3.8) is 0 Å². The van der Waals surface area contributed by atoms with Gasteiger partial charge in [0.2, 0.25) is 0 Å². The van der Waals surface area contributed by atoms with Crippen LogP contribution < -0.4 is 10.6 Å². The summed E-state index contributed by atoms with van der Waals surface area (Å²) in [4.78, 5) is 0. The van der Waals surface area contributed by atoms with E-state index in [1.54, 1.807) is 0 Å². The van der Waals surface area contributed by atoms with Crippen molar-refractivity contribution in [2.24, 2.45) is 0 Å².